The van der Waals surface area contributed by atoms with Gasteiger partial charge >= 0.3 is 0 Å². The third-order valence-electron chi connectivity index (χ3n) is 4.12. The maximum absolute atomic E-state index is 12.7. The van der Waals surface area contributed by atoms with E-state index in [-0.39, 0.29) is 16.9 Å². The number of aromatic nitrogens is 2. The minimum Gasteiger partial charge on any atom is -0.506 e. The number of anilines is 2. The quantitative estimate of drug-likeness (QED) is 0.480. The van der Waals surface area contributed by atoms with E-state index in [2.05, 4.69) is 15.8 Å². The van der Waals surface area contributed by atoms with E-state index in [4.69, 9.17) is 0 Å². The SMILES string of the molecule is Cn1c(=O)c(-c2csc(NNc3ccccc3)n2)c(O)c2ccccc21. The first-order valence-electron chi connectivity index (χ1n) is 7.99. The molecule has 2 aromatic heterocycles. The van der Waals surface area contributed by atoms with Gasteiger partial charge in [-0.2, -0.15) is 0 Å². The van der Waals surface area contributed by atoms with Gasteiger partial charge in [-0.3, -0.25) is 15.6 Å². The number of nitrogens with one attached hydrogen (secondary N) is 2. The second-order valence-corrected chi connectivity index (χ2v) is 6.62. The van der Waals surface area contributed by atoms with Crippen LogP contribution in [0.4, 0.5) is 10.8 Å². The normalized spacial score (nSPS) is 10.8. The summed E-state index contributed by atoms with van der Waals surface area (Å²) >= 11 is 1.35. The Morgan fingerprint density at radius 1 is 1.04 bits per heavy atom. The number of nitrogens with zero attached hydrogens (tertiary/aromatic N) is 2. The van der Waals surface area contributed by atoms with Crippen molar-refractivity contribution in [1.29, 1.82) is 0 Å². The van der Waals surface area contributed by atoms with E-state index in [0.29, 0.717) is 21.7 Å². The van der Waals surface area contributed by atoms with Crippen molar-refractivity contribution in [1.82, 2.24) is 9.55 Å². The van der Waals surface area contributed by atoms with Crippen molar-refractivity contribution < 1.29 is 5.11 Å². The third-order valence-corrected chi connectivity index (χ3v) is 4.88. The summed E-state index contributed by atoms with van der Waals surface area (Å²) < 4.78 is 1.53. The monoisotopic (exact) mass is 364 g/mol. The Morgan fingerprint density at radius 3 is 2.58 bits per heavy atom. The number of thiazole rings is 1. The molecule has 26 heavy (non-hydrogen) atoms. The van der Waals surface area contributed by atoms with E-state index in [1.165, 1.54) is 15.9 Å². The lowest BCUT2D eigenvalue weighted by Gasteiger charge is -2.10. The minimum atomic E-state index is -0.283. The standard InChI is InChI=1S/C19H16N4O2S/c1-23-15-10-6-5-9-13(15)17(24)16(18(23)25)14-11-26-19(20-14)22-21-12-7-3-2-4-8-12/h2-11,21,24H,1H3,(H,20,22). The molecule has 0 aliphatic carbocycles. The largest absolute Gasteiger partial charge is 0.506 e. The van der Waals surface area contributed by atoms with Gasteiger partial charge in [-0.1, -0.05) is 30.3 Å². The molecule has 6 nitrogen and oxygen atoms in total. The molecule has 2 aromatic carbocycles. The Labute approximate surface area is 153 Å². The molecular formula is C19H16N4O2S. The van der Waals surface area contributed by atoms with Gasteiger partial charge in [0.05, 0.1) is 16.9 Å². The van der Waals surface area contributed by atoms with Gasteiger partial charge in [0.25, 0.3) is 5.56 Å². The number of hydrogen-bond donors (Lipinski definition) is 3. The van der Waals surface area contributed by atoms with Gasteiger partial charge in [-0.25, -0.2) is 4.98 Å². The molecule has 0 atom stereocenters. The van der Waals surface area contributed by atoms with Gasteiger partial charge in [-0.05, 0) is 24.3 Å². The number of aryl methyl sites for hydroxylation is 1. The summed E-state index contributed by atoms with van der Waals surface area (Å²) in [5.41, 5.74) is 7.99. The van der Waals surface area contributed by atoms with Gasteiger partial charge in [0.1, 0.15) is 11.3 Å². The van der Waals surface area contributed by atoms with Crippen LogP contribution in [-0.4, -0.2) is 14.7 Å². The van der Waals surface area contributed by atoms with E-state index >= 15 is 0 Å². The lowest BCUT2D eigenvalue weighted by atomic mass is 10.1. The lowest BCUT2D eigenvalue weighted by Crippen LogP contribution is -2.19. The van der Waals surface area contributed by atoms with E-state index in [0.717, 1.165) is 5.69 Å². The number of benzene rings is 2. The molecule has 4 rings (SSSR count). The number of para-hydroxylation sites is 2. The number of aromatic hydroxyl groups is 1. The molecule has 0 bridgehead atoms. The van der Waals surface area contributed by atoms with Crippen LogP contribution in [0.3, 0.4) is 0 Å². The highest BCUT2D eigenvalue weighted by atomic mass is 32.1. The van der Waals surface area contributed by atoms with Gasteiger partial charge in [0.2, 0.25) is 5.13 Å². The van der Waals surface area contributed by atoms with E-state index in [1.807, 2.05) is 42.5 Å². The summed E-state index contributed by atoms with van der Waals surface area (Å²) in [5, 5.41) is 13.6. The zero-order valence-corrected chi connectivity index (χ0v) is 14.7. The second kappa shape index (κ2) is 6.53. The number of hydrogen-bond acceptors (Lipinski definition) is 6. The first-order valence-corrected chi connectivity index (χ1v) is 8.87. The fraction of sp³-hybridized carbons (Fsp3) is 0.0526. The molecule has 0 spiro atoms. The van der Waals surface area contributed by atoms with E-state index in [9.17, 15) is 9.90 Å². The van der Waals surface area contributed by atoms with E-state index < -0.39 is 0 Å². The molecule has 0 aliphatic rings. The average molecular weight is 364 g/mol. The van der Waals surface area contributed by atoms with Crippen LogP contribution in [0.15, 0.2) is 64.8 Å². The molecule has 0 amide bonds. The molecule has 0 saturated heterocycles. The number of hydrazine groups is 1. The van der Waals surface area contributed by atoms with Crippen LogP contribution in [0, 0.1) is 0 Å². The van der Waals surface area contributed by atoms with Gasteiger partial charge in [0.15, 0.2) is 0 Å². The van der Waals surface area contributed by atoms with Crippen molar-refractivity contribution in [2.45, 2.75) is 0 Å². The minimum absolute atomic E-state index is 0.0448. The summed E-state index contributed by atoms with van der Waals surface area (Å²) in [6.07, 6.45) is 0. The molecule has 4 aromatic rings. The molecule has 0 saturated carbocycles. The zero-order valence-electron chi connectivity index (χ0n) is 13.9. The zero-order chi connectivity index (χ0) is 18.1. The maximum atomic E-state index is 12.7. The highest BCUT2D eigenvalue weighted by Gasteiger charge is 2.18. The first-order chi connectivity index (χ1) is 12.6. The lowest BCUT2D eigenvalue weighted by molar-refractivity contribution is 0.481. The average Bonchev–Trinajstić information content (AvgIpc) is 3.14. The van der Waals surface area contributed by atoms with Crippen molar-refractivity contribution in [3.63, 3.8) is 0 Å². The number of fused-ring (bicyclic) bond motifs is 1. The summed E-state index contributed by atoms with van der Waals surface area (Å²) in [6.45, 7) is 0. The summed E-state index contributed by atoms with van der Waals surface area (Å²) in [4.78, 5) is 17.2. The Hall–Kier alpha value is -3.32. The van der Waals surface area contributed by atoms with E-state index in [1.54, 1.807) is 24.6 Å². The predicted molar refractivity (Wildman–Crippen MR) is 106 cm³/mol. The molecule has 7 heteroatoms. The highest BCUT2D eigenvalue weighted by Crippen LogP contribution is 2.34. The molecule has 0 aliphatic heterocycles. The van der Waals surface area contributed by atoms with Gasteiger partial charge in [-0.15, -0.1) is 11.3 Å². The number of rotatable bonds is 4. The molecular weight excluding hydrogens is 348 g/mol. The fourth-order valence-corrected chi connectivity index (χ4v) is 3.46. The van der Waals surface area contributed by atoms with Crippen molar-refractivity contribution >= 4 is 33.1 Å². The van der Waals surface area contributed by atoms with Crippen LogP contribution >= 0.6 is 11.3 Å². The van der Waals surface area contributed by atoms with Gasteiger partial charge < -0.3 is 9.67 Å². The topological polar surface area (TPSA) is 79.2 Å². The molecule has 0 fully saturated rings. The smallest absolute Gasteiger partial charge is 0.264 e. The van der Waals surface area contributed by atoms with Crippen molar-refractivity contribution in [2.75, 3.05) is 10.9 Å². The Kier molecular flexibility index (Phi) is 4.06. The van der Waals surface area contributed by atoms with Crippen LogP contribution < -0.4 is 16.4 Å². The summed E-state index contributed by atoms with van der Waals surface area (Å²) in [6, 6.07) is 16.9. The molecule has 130 valence electrons. The second-order valence-electron chi connectivity index (χ2n) is 5.76. The highest BCUT2D eigenvalue weighted by molar-refractivity contribution is 7.14. The first kappa shape index (κ1) is 16.2. The Morgan fingerprint density at radius 2 is 1.77 bits per heavy atom. The maximum Gasteiger partial charge on any atom is 0.264 e. The summed E-state index contributed by atoms with van der Waals surface area (Å²) in [7, 11) is 1.69. The molecule has 2 heterocycles. The third kappa shape index (κ3) is 2.78. The fourth-order valence-electron chi connectivity index (χ4n) is 2.80. The van der Waals surface area contributed by atoms with Crippen LogP contribution in [0.1, 0.15) is 0 Å². The Balaban J connectivity index is 1.71. The van der Waals surface area contributed by atoms with Crippen LogP contribution in [0.25, 0.3) is 22.2 Å². The van der Waals surface area contributed by atoms with Crippen LogP contribution in [-0.2, 0) is 7.05 Å². The predicted octanol–water partition coefficient (Wildman–Crippen LogP) is 3.81. The summed E-state index contributed by atoms with van der Waals surface area (Å²) in [5.74, 6) is -0.0448. The van der Waals surface area contributed by atoms with Gasteiger partial charge in [0, 0.05) is 17.8 Å². The van der Waals surface area contributed by atoms with Crippen molar-refractivity contribution in [3.05, 3.63) is 70.3 Å². The van der Waals surface area contributed by atoms with Crippen LogP contribution in [0.5, 0.6) is 5.75 Å². The van der Waals surface area contributed by atoms with Crippen molar-refractivity contribution in [3.8, 4) is 17.0 Å². The molecule has 0 unspecified atom stereocenters. The van der Waals surface area contributed by atoms with Crippen molar-refractivity contribution in [2.24, 2.45) is 7.05 Å². The molecule has 0 radical (unpaired) electrons. The van der Waals surface area contributed by atoms with Crippen LogP contribution in [0.2, 0.25) is 0 Å². The number of pyridine rings is 1. The Bertz CT molecular complexity index is 1140. The molecule has 3 N–H and O–H groups in total.